The number of thiophene rings is 1. The molecule has 0 aliphatic rings. The Labute approximate surface area is 87.7 Å². The summed E-state index contributed by atoms with van der Waals surface area (Å²) in [6, 6.07) is 2.01. The Kier molecular flexibility index (Phi) is 4.53. The summed E-state index contributed by atoms with van der Waals surface area (Å²) in [5, 5.41) is 7.12. The topological polar surface area (TPSA) is 66.4 Å². The zero-order valence-electron chi connectivity index (χ0n) is 7.64. The molecule has 0 saturated carbocycles. The van der Waals surface area contributed by atoms with Crippen LogP contribution in [0.5, 0.6) is 0 Å². The van der Waals surface area contributed by atoms with Crippen LogP contribution in [-0.4, -0.2) is 25.3 Å². The smallest absolute Gasteiger partial charge is 0.264 e. The van der Waals surface area contributed by atoms with Gasteiger partial charge in [0.05, 0.1) is 5.75 Å². The molecule has 80 valence electrons. The lowest BCUT2D eigenvalue weighted by atomic mass is 10.3. The summed E-state index contributed by atoms with van der Waals surface area (Å²) in [6.07, 6.45) is 0.434. The van der Waals surface area contributed by atoms with E-state index >= 15 is 0 Å². The van der Waals surface area contributed by atoms with Crippen molar-refractivity contribution in [2.75, 3.05) is 12.3 Å². The van der Waals surface area contributed by atoms with Crippen LogP contribution >= 0.6 is 11.3 Å². The zero-order chi connectivity index (χ0) is 10.4. The van der Waals surface area contributed by atoms with Crippen LogP contribution in [0, 0.1) is 0 Å². The molecular formula is C8H13NO3S2. The number of rotatable bonds is 6. The van der Waals surface area contributed by atoms with Gasteiger partial charge in [-0.3, -0.25) is 4.55 Å². The molecule has 1 aromatic heterocycles. The first-order valence-electron chi connectivity index (χ1n) is 4.25. The molecule has 1 heterocycles. The van der Waals surface area contributed by atoms with Crippen LogP contribution in [0.2, 0.25) is 0 Å². The van der Waals surface area contributed by atoms with E-state index in [2.05, 4.69) is 5.32 Å². The molecule has 0 fully saturated rings. The van der Waals surface area contributed by atoms with Crippen LogP contribution in [-0.2, 0) is 16.7 Å². The molecule has 0 saturated heterocycles. The van der Waals surface area contributed by atoms with Crippen LogP contribution in [0.3, 0.4) is 0 Å². The van der Waals surface area contributed by atoms with Gasteiger partial charge in [0, 0.05) is 6.54 Å². The van der Waals surface area contributed by atoms with Crippen molar-refractivity contribution in [3.8, 4) is 0 Å². The standard InChI is InChI=1S/C8H13NO3S2/c10-14(11,12)5-1-3-9-6-8-2-4-13-7-8/h2,4,7,9H,1,3,5-6H2,(H,10,11,12). The van der Waals surface area contributed by atoms with Gasteiger partial charge in [-0.15, -0.1) is 0 Å². The summed E-state index contributed by atoms with van der Waals surface area (Å²) in [5.74, 6) is -0.177. The first-order valence-corrected chi connectivity index (χ1v) is 6.80. The van der Waals surface area contributed by atoms with Gasteiger partial charge in [-0.05, 0) is 35.4 Å². The van der Waals surface area contributed by atoms with E-state index in [9.17, 15) is 8.42 Å². The van der Waals surface area contributed by atoms with Crippen molar-refractivity contribution >= 4 is 21.5 Å². The minimum Gasteiger partial charge on any atom is -0.313 e. The van der Waals surface area contributed by atoms with Crippen LogP contribution in [0.4, 0.5) is 0 Å². The third-order valence-corrected chi connectivity index (χ3v) is 3.20. The Balaban J connectivity index is 2.06. The van der Waals surface area contributed by atoms with Gasteiger partial charge in [0.25, 0.3) is 10.1 Å². The van der Waals surface area contributed by atoms with E-state index in [1.165, 1.54) is 5.56 Å². The highest BCUT2D eigenvalue weighted by molar-refractivity contribution is 7.85. The van der Waals surface area contributed by atoms with E-state index in [4.69, 9.17) is 4.55 Å². The van der Waals surface area contributed by atoms with E-state index < -0.39 is 10.1 Å². The summed E-state index contributed by atoms with van der Waals surface area (Å²) < 4.78 is 29.2. The number of hydrogen-bond acceptors (Lipinski definition) is 4. The predicted octanol–water partition coefficient (Wildman–Crippen LogP) is 1.12. The summed E-state index contributed by atoms with van der Waals surface area (Å²) in [5.41, 5.74) is 1.20. The Morgan fingerprint density at radius 2 is 2.29 bits per heavy atom. The molecule has 1 aromatic rings. The van der Waals surface area contributed by atoms with E-state index in [-0.39, 0.29) is 5.75 Å². The minimum absolute atomic E-state index is 0.177. The molecule has 2 N–H and O–H groups in total. The van der Waals surface area contributed by atoms with Gasteiger partial charge in [-0.25, -0.2) is 0 Å². The SMILES string of the molecule is O=S(=O)(O)CCCNCc1ccsc1. The van der Waals surface area contributed by atoms with Crippen molar-refractivity contribution in [2.45, 2.75) is 13.0 Å². The van der Waals surface area contributed by atoms with Crippen LogP contribution < -0.4 is 5.32 Å². The van der Waals surface area contributed by atoms with Crippen LogP contribution in [0.1, 0.15) is 12.0 Å². The maximum absolute atomic E-state index is 10.4. The highest BCUT2D eigenvalue weighted by Gasteiger charge is 2.02. The van der Waals surface area contributed by atoms with E-state index in [1.807, 2.05) is 16.8 Å². The van der Waals surface area contributed by atoms with Gasteiger partial charge in [0.15, 0.2) is 0 Å². The van der Waals surface area contributed by atoms with Crippen molar-refractivity contribution in [3.63, 3.8) is 0 Å². The summed E-state index contributed by atoms with van der Waals surface area (Å²) in [7, 11) is -3.80. The second-order valence-electron chi connectivity index (χ2n) is 2.95. The van der Waals surface area contributed by atoms with E-state index in [0.717, 1.165) is 6.54 Å². The van der Waals surface area contributed by atoms with Gasteiger partial charge in [0.1, 0.15) is 0 Å². The molecule has 14 heavy (non-hydrogen) atoms. The molecule has 0 aliphatic carbocycles. The maximum Gasteiger partial charge on any atom is 0.264 e. The van der Waals surface area contributed by atoms with E-state index in [1.54, 1.807) is 11.3 Å². The lowest BCUT2D eigenvalue weighted by Crippen LogP contribution is -2.17. The second-order valence-corrected chi connectivity index (χ2v) is 5.30. The van der Waals surface area contributed by atoms with Crippen molar-refractivity contribution < 1.29 is 13.0 Å². The Bertz CT molecular complexity index is 345. The van der Waals surface area contributed by atoms with Gasteiger partial charge in [0.2, 0.25) is 0 Å². The minimum atomic E-state index is -3.80. The van der Waals surface area contributed by atoms with Crippen molar-refractivity contribution in [3.05, 3.63) is 22.4 Å². The Morgan fingerprint density at radius 3 is 2.86 bits per heavy atom. The maximum atomic E-state index is 10.4. The van der Waals surface area contributed by atoms with Gasteiger partial charge >= 0.3 is 0 Å². The fraction of sp³-hybridized carbons (Fsp3) is 0.500. The molecule has 0 radical (unpaired) electrons. The van der Waals surface area contributed by atoms with E-state index in [0.29, 0.717) is 13.0 Å². The van der Waals surface area contributed by atoms with Crippen LogP contribution in [0.25, 0.3) is 0 Å². The lowest BCUT2D eigenvalue weighted by Gasteiger charge is -2.01. The molecular weight excluding hydrogens is 222 g/mol. The lowest BCUT2D eigenvalue weighted by molar-refractivity contribution is 0.479. The number of hydrogen-bond donors (Lipinski definition) is 2. The largest absolute Gasteiger partial charge is 0.313 e. The molecule has 1 rings (SSSR count). The Morgan fingerprint density at radius 1 is 1.50 bits per heavy atom. The normalized spacial score (nSPS) is 11.8. The zero-order valence-corrected chi connectivity index (χ0v) is 9.27. The monoisotopic (exact) mass is 235 g/mol. The van der Waals surface area contributed by atoms with Gasteiger partial charge < -0.3 is 5.32 Å². The first-order chi connectivity index (χ1) is 6.58. The number of nitrogens with one attached hydrogen (secondary N) is 1. The van der Waals surface area contributed by atoms with Crippen LogP contribution in [0.15, 0.2) is 16.8 Å². The van der Waals surface area contributed by atoms with Crippen molar-refractivity contribution in [1.29, 1.82) is 0 Å². The molecule has 0 unspecified atom stereocenters. The fourth-order valence-corrected chi connectivity index (χ4v) is 2.18. The Hall–Kier alpha value is -0.430. The van der Waals surface area contributed by atoms with Gasteiger partial charge in [-0.1, -0.05) is 0 Å². The third kappa shape index (κ3) is 5.33. The molecule has 0 aromatic carbocycles. The third-order valence-electron chi connectivity index (χ3n) is 1.67. The predicted molar refractivity (Wildman–Crippen MR) is 57.1 cm³/mol. The highest BCUT2D eigenvalue weighted by atomic mass is 32.2. The van der Waals surface area contributed by atoms with Gasteiger partial charge in [-0.2, -0.15) is 19.8 Å². The summed E-state index contributed by atoms with van der Waals surface area (Å²) in [4.78, 5) is 0. The van der Waals surface area contributed by atoms with Crippen molar-refractivity contribution in [2.24, 2.45) is 0 Å². The average Bonchev–Trinajstić information content (AvgIpc) is 2.54. The molecule has 4 nitrogen and oxygen atoms in total. The average molecular weight is 235 g/mol. The molecule has 6 heteroatoms. The second kappa shape index (κ2) is 5.45. The highest BCUT2D eigenvalue weighted by Crippen LogP contribution is 2.04. The molecule has 0 amide bonds. The molecule has 0 atom stereocenters. The molecule has 0 aliphatic heterocycles. The fourth-order valence-electron chi connectivity index (χ4n) is 1.01. The summed E-state index contributed by atoms with van der Waals surface area (Å²) >= 11 is 1.63. The summed E-state index contributed by atoms with van der Waals surface area (Å²) in [6.45, 7) is 1.34. The quantitative estimate of drug-likeness (QED) is 0.572. The van der Waals surface area contributed by atoms with Crippen molar-refractivity contribution in [1.82, 2.24) is 5.32 Å². The molecule has 0 spiro atoms. The first kappa shape index (κ1) is 11.6. The molecule has 0 bridgehead atoms.